The Balaban J connectivity index is 1.25. The van der Waals surface area contributed by atoms with Crippen molar-refractivity contribution in [3.05, 3.63) is 83.2 Å². The predicted molar refractivity (Wildman–Crippen MR) is 175 cm³/mol. The molecule has 0 unspecified atom stereocenters. The first-order valence-electron chi connectivity index (χ1n) is 15.6. The lowest BCUT2D eigenvalue weighted by Crippen LogP contribution is -2.52. The first-order valence-corrected chi connectivity index (χ1v) is 15.6. The molecule has 2 aliphatic carbocycles. The predicted octanol–water partition coefficient (Wildman–Crippen LogP) is 6.78. The fourth-order valence-corrected chi connectivity index (χ4v) is 7.30. The highest BCUT2D eigenvalue weighted by molar-refractivity contribution is 6.01. The molecular formula is C36H38N6O2. The molecule has 8 heteroatoms. The molecule has 0 bridgehead atoms. The second-order valence-electron chi connectivity index (χ2n) is 12.6. The Hall–Kier alpha value is -4.72. The van der Waals surface area contributed by atoms with E-state index < -0.39 is 5.54 Å². The van der Waals surface area contributed by atoms with Crippen molar-refractivity contribution in [3.8, 4) is 11.4 Å². The number of pyridine rings is 1. The molecule has 2 fully saturated rings. The van der Waals surface area contributed by atoms with Crippen molar-refractivity contribution in [3.63, 3.8) is 0 Å². The lowest BCUT2D eigenvalue weighted by atomic mass is 9.75. The number of imidazole rings is 1. The van der Waals surface area contributed by atoms with Crippen LogP contribution in [0.15, 0.2) is 60.7 Å². The minimum Gasteiger partial charge on any atom is -0.384 e. The van der Waals surface area contributed by atoms with Gasteiger partial charge in [0.1, 0.15) is 11.6 Å². The molecule has 7 rings (SSSR count). The Morgan fingerprint density at radius 1 is 0.955 bits per heavy atom. The van der Waals surface area contributed by atoms with Gasteiger partial charge in [0.2, 0.25) is 0 Å². The summed E-state index contributed by atoms with van der Waals surface area (Å²) in [5.74, 6) is 1.73. The number of anilines is 1. The molecule has 3 heterocycles. The van der Waals surface area contributed by atoms with Gasteiger partial charge in [-0.1, -0.05) is 37.1 Å². The molecule has 2 saturated carbocycles. The highest BCUT2D eigenvalue weighted by Gasteiger charge is 2.44. The molecule has 3 aromatic heterocycles. The Labute approximate surface area is 257 Å². The van der Waals surface area contributed by atoms with Crippen molar-refractivity contribution in [2.75, 3.05) is 5.73 Å². The molecule has 44 heavy (non-hydrogen) atoms. The van der Waals surface area contributed by atoms with E-state index in [1.165, 1.54) is 23.8 Å². The Morgan fingerprint density at radius 3 is 2.45 bits per heavy atom. The number of aryl methyl sites for hydroxylation is 2. The van der Waals surface area contributed by atoms with Gasteiger partial charge in [-0.15, -0.1) is 0 Å². The lowest BCUT2D eigenvalue weighted by Gasteiger charge is -2.41. The fourth-order valence-electron chi connectivity index (χ4n) is 7.30. The molecule has 1 amide bonds. The molecule has 224 valence electrons. The number of aromatic nitrogens is 4. The summed E-state index contributed by atoms with van der Waals surface area (Å²) in [6.07, 6.45) is 10.8. The first-order chi connectivity index (χ1) is 21.2. The van der Waals surface area contributed by atoms with Crippen LogP contribution in [0.5, 0.6) is 0 Å². The Bertz CT molecular complexity index is 1970. The maximum Gasteiger partial charge on any atom is 0.252 e. The van der Waals surface area contributed by atoms with E-state index in [2.05, 4.69) is 32.5 Å². The Kier molecular flexibility index (Phi) is 6.87. The van der Waals surface area contributed by atoms with E-state index >= 15 is 0 Å². The number of nitrogens with two attached hydrogens (primary N) is 1. The summed E-state index contributed by atoms with van der Waals surface area (Å²) in [4.78, 5) is 35.1. The average Bonchev–Trinajstić information content (AvgIpc) is 3.71. The van der Waals surface area contributed by atoms with Crippen LogP contribution in [0.4, 0.5) is 5.82 Å². The van der Waals surface area contributed by atoms with E-state index in [0.29, 0.717) is 17.3 Å². The van der Waals surface area contributed by atoms with Gasteiger partial charge in [0.05, 0.1) is 28.0 Å². The van der Waals surface area contributed by atoms with Crippen LogP contribution < -0.4 is 11.1 Å². The van der Waals surface area contributed by atoms with Crippen LogP contribution in [0.25, 0.3) is 39.4 Å². The van der Waals surface area contributed by atoms with Crippen molar-refractivity contribution >= 4 is 45.5 Å². The largest absolute Gasteiger partial charge is 0.384 e. The van der Waals surface area contributed by atoms with Crippen LogP contribution in [0.2, 0.25) is 0 Å². The third-order valence-electron chi connectivity index (χ3n) is 9.68. The van der Waals surface area contributed by atoms with E-state index in [1.807, 2.05) is 61.7 Å². The van der Waals surface area contributed by atoms with E-state index in [0.717, 1.165) is 71.4 Å². The van der Waals surface area contributed by atoms with E-state index in [4.69, 9.17) is 10.7 Å². The Morgan fingerprint density at radius 2 is 1.75 bits per heavy atom. The number of nitrogens with zero attached hydrogens (tertiary/aromatic N) is 4. The monoisotopic (exact) mass is 586 g/mol. The lowest BCUT2D eigenvalue weighted by molar-refractivity contribution is -0.112. The topological polar surface area (TPSA) is 108 Å². The molecule has 5 aromatic rings. The number of rotatable bonds is 7. The molecule has 2 aromatic carbocycles. The number of carbonyl (C=O) groups excluding carboxylic acids is 2. The summed E-state index contributed by atoms with van der Waals surface area (Å²) in [7, 11) is 4.07. The second kappa shape index (κ2) is 10.8. The molecule has 2 aliphatic rings. The van der Waals surface area contributed by atoms with Gasteiger partial charge in [0.25, 0.3) is 5.91 Å². The summed E-state index contributed by atoms with van der Waals surface area (Å²) in [5, 5.41) is 4.58. The summed E-state index contributed by atoms with van der Waals surface area (Å²) >= 11 is 0. The first kappa shape index (κ1) is 28.1. The zero-order chi connectivity index (χ0) is 30.6. The smallest absolute Gasteiger partial charge is 0.252 e. The number of benzene rings is 2. The molecule has 0 radical (unpaired) electrons. The number of hydrogen-bond acceptors (Lipinski definition) is 5. The molecule has 0 spiro atoms. The van der Waals surface area contributed by atoms with Crippen LogP contribution in [0.3, 0.4) is 0 Å². The van der Waals surface area contributed by atoms with Crippen molar-refractivity contribution in [2.24, 2.45) is 14.1 Å². The standard InChI is InChI=1S/C36H38N6O2/c1-22(43)12-13-23-14-17-27-30(20-23)42(3)35(39-27)36(18-7-19-36)40-34(44)25-15-16-26-29(21-25)41(2)33(28-10-6-11-31(37)38-28)32(26)24-8-4-5-9-24/h6,10-17,20-21,24H,4-5,7-9,18-19H2,1-3H3,(H2,37,38)(H,40,44)/b13-12+. The quantitative estimate of drug-likeness (QED) is 0.205. The van der Waals surface area contributed by atoms with E-state index in [9.17, 15) is 9.59 Å². The van der Waals surface area contributed by atoms with Gasteiger partial charge in [-0.3, -0.25) is 9.59 Å². The summed E-state index contributed by atoms with van der Waals surface area (Å²) in [6, 6.07) is 17.9. The van der Waals surface area contributed by atoms with Crippen molar-refractivity contribution < 1.29 is 9.59 Å². The van der Waals surface area contributed by atoms with E-state index in [-0.39, 0.29) is 11.7 Å². The number of carbonyl (C=O) groups is 2. The van der Waals surface area contributed by atoms with Gasteiger partial charge in [-0.25, -0.2) is 9.97 Å². The summed E-state index contributed by atoms with van der Waals surface area (Å²) < 4.78 is 4.27. The van der Waals surface area contributed by atoms with Gasteiger partial charge < -0.3 is 20.2 Å². The zero-order valence-corrected chi connectivity index (χ0v) is 25.6. The van der Waals surface area contributed by atoms with Crippen molar-refractivity contribution in [1.82, 2.24) is 24.4 Å². The highest BCUT2D eigenvalue weighted by atomic mass is 16.2. The number of hydrogen-bond donors (Lipinski definition) is 2. The highest BCUT2D eigenvalue weighted by Crippen LogP contribution is 2.45. The number of fused-ring (bicyclic) bond motifs is 2. The van der Waals surface area contributed by atoms with Crippen molar-refractivity contribution in [1.29, 1.82) is 0 Å². The van der Waals surface area contributed by atoms with Crippen molar-refractivity contribution in [2.45, 2.75) is 63.3 Å². The molecule has 0 atom stereocenters. The number of nitrogen functional groups attached to an aromatic ring is 1. The number of nitrogens with one attached hydrogen (secondary N) is 1. The van der Waals surface area contributed by atoms with Crippen LogP contribution in [0.1, 0.15) is 85.1 Å². The van der Waals surface area contributed by atoms with Crippen LogP contribution in [0, 0.1) is 0 Å². The minimum atomic E-state index is -0.533. The second-order valence-corrected chi connectivity index (χ2v) is 12.6. The third-order valence-corrected chi connectivity index (χ3v) is 9.68. The number of amides is 1. The molecule has 8 nitrogen and oxygen atoms in total. The van der Waals surface area contributed by atoms with Crippen LogP contribution in [-0.2, 0) is 24.4 Å². The number of ketones is 1. The molecule has 0 aliphatic heterocycles. The zero-order valence-electron chi connectivity index (χ0n) is 25.6. The summed E-state index contributed by atoms with van der Waals surface area (Å²) in [5.41, 5.74) is 13.3. The maximum atomic E-state index is 13.9. The van der Waals surface area contributed by atoms with Gasteiger partial charge in [0, 0.05) is 30.6 Å². The van der Waals surface area contributed by atoms with Gasteiger partial charge in [0.15, 0.2) is 5.78 Å². The van der Waals surface area contributed by atoms with Crippen LogP contribution >= 0.6 is 0 Å². The minimum absolute atomic E-state index is 0.00729. The fraction of sp³-hybridized carbons (Fsp3) is 0.333. The average molecular weight is 587 g/mol. The van der Waals surface area contributed by atoms with Gasteiger partial charge in [-0.05, 0) is 98.5 Å². The molecular weight excluding hydrogens is 548 g/mol. The third kappa shape index (κ3) is 4.69. The normalized spacial score (nSPS) is 16.6. The molecule has 3 N–H and O–H groups in total. The maximum absolute atomic E-state index is 13.9. The van der Waals surface area contributed by atoms with Crippen LogP contribution in [-0.4, -0.2) is 30.8 Å². The summed E-state index contributed by atoms with van der Waals surface area (Å²) in [6.45, 7) is 1.54. The van der Waals surface area contributed by atoms with Gasteiger partial charge in [-0.2, -0.15) is 0 Å². The SMILES string of the molecule is CC(=O)/C=C/c1ccc2nc(C3(NC(=O)c4ccc5c(C6CCCC6)c(-c6cccc(N)n6)n(C)c5c4)CCC3)n(C)c2c1. The number of allylic oxidation sites excluding steroid dienone is 1. The van der Waals surface area contributed by atoms with Gasteiger partial charge >= 0.3 is 0 Å². The molecule has 0 saturated heterocycles. The van der Waals surface area contributed by atoms with E-state index in [1.54, 1.807) is 13.0 Å².